The molecule has 5 heteroatoms. The lowest BCUT2D eigenvalue weighted by Gasteiger charge is -2.00. The number of carboxylic acid groups (broad SMARTS) is 1. The molecule has 0 unspecified atom stereocenters. The van der Waals surface area contributed by atoms with Crippen LogP contribution in [-0.2, 0) is 0 Å². The van der Waals surface area contributed by atoms with Gasteiger partial charge in [-0.3, -0.25) is 4.98 Å². The van der Waals surface area contributed by atoms with Gasteiger partial charge in [0.15, 0.2) is 11.5 Å². The van der Waals surface area contributed by atoms with E-state index in [-0.39, 0.29) is 5.69 Å². The molecular formula is C11H9N3O2. The zero-order valence-corrected chi connectivity index (χ0v) is 8.58. The van der Waals surface area contributed by atoms with Crippen LogP contribution in [0.3, 0.4) is 0 Å². The summed E-state index contributed by atoms with van der Waals surface area (Å²) in [6.07, 6.45) is 3.10. The lowest BCUT2D eigenvalue weighted by atomic mass is 10.2. The number of carboxylic acids is 1. The molecule has 0 aliphatic heterocycles. The number of carbonyl (C=O) groups is 1. The summed E-state index contributed by atoms with van der Waals surface area (Å²) < 4.78 is 0. The van der Waals surface area contributed by atoms with Gasteiger partial charge in [0.1, 0.15) is 5.69 Å². The molecule has 0 fully saturated rings. The van der Waals surface area contributed by atoms with Gasteiger partial charge < -0.3 is 5.11 Å². The van der Waals surface area contributed by atoms with Crippen LogP contribution in [0.4, 0.5) is 0 Å². The van der Waals surface area contributed by atoms with Gasteiger partial charge in [-0.2, -0.15) is 0 Å². The van der Waals surface area contributed by atoms with E-state index in [0.717, 1.165) is 5.56 Å². The Bertz CT molecular complexity index is 523. The highest BCUT2D eigenvalue weighted by atomic mass is 16.4. The second-order valence-corrected chi connectivity index (χ2v) is 3.29. The number of hydrogen-bond donors (Lipinski definition) is 1. The van der Waals surface area contributed by atoms with E-state index in [1.165, 1.54) is 12.3 Å². The fourth-order valence-corrected chi connectivity index (χ4v) is 1.20. The largest absolute Gasteiger partial charge is 0.477 e. The van der Waals surface area contributed by atoms with Gasteiger partial charge in [-0.15, -0.1) is 0 Å². The minimum Gasteiger partial charge on any atom is -0.477 e. The molecule has 0 spiro atoms. The van der Waals surface area contributed by atoms with E-state index in [1.54, 1.807) is 12.3 Å². The Kier molecular flexibility index (Phi) is 2.59. The van der Waals surface area contributed by atoms with Crippen molar-refractivity contribution in [3.63, 3.8) is 0 Å². The van der Waals surface area contributed by atoms with Crippen molar-refractivity contribution >= 4 is 5.97 Å². The molecule has 0 aliphatic rings. The smallest absolute Gasteiger partial charge is 0.354 e. The van der Waals surface area contributed by atoms with Crippen molar-refractivity contribution < 1.29 is 9.90 Å². The van der Waals surface area contributed by atoms with Gasteiger partial charge in [0.05, 0.1) is 0 Å². The van der Waals surface area contributed by atoms with Crippen molar-refractivity contribution in [3.8, 4) is 11.5 Å². The molecule has 5 nitrogen and oxygen atoms in total. The molecular weight excluding hydrogens is 206 g/mol. The van der Waals surface area contributed by atoms with Gasteiger partial charge in [-0.25, -0.2) is 14.8 Å². The minimum atomic E-state index is -1.07. The van der Waals surface area contributed by atoms with Crippen LogP contribution in [0.25, 0.3) is 11.5 Å². The predicted octanol–water partition coefficient (Wildman–Crippen LogP) is 1.55. The highest BCUT2D eigenvalue weighted by Gasteiger charge is 2.08. The Hall–Kier alpha value is -2.30. The predicted molar refractivity (Wildman–Crippen MR) is 57.0 cm³/mol. The molecule has 2 aromatic rings. The van der Waals surface area contributed by atoms with Crippen LogP contribution in [0.5, 0.6) is 0 Å². The van der Waals surface area contributed by atoms with E-state index >= 15 is 0 Å². The SMILES string of the molecule is Cc1ccc(-c2nccc(C(=O)O)n2)nc1. The summed E-state index contributed by atoms with van der Waals surface area (Å²) in [5.74, 6) is -0.754. The van der Waals surface area contributed by atoms with E-state index < -0.39 is 5.97 Å². The van der Waals surface area contributed by atoms with Crippen LogP contribution in [0.1, 0.15) is 16.1 Å². The summed E-state index contributed by atoms with van der Waals surface area (Å²) >= 11 is 0. The van der Waals surface area contributed by atoms with E-state index in [9.17, 15) is 4.79 Å². The third-order valence-corrected chi connectivity index (χ3v) is 2.02. The number of aromatic nitrogens is 3. The van der Waals surface area contributed by atoms with Crippen LogP contribution in [0, 0.1) is 6.92 Å². The quantitative estimate of drug-likeness (QED) is 0.822. The second-order valence-electron chi connectivity index (χ2n) is 3.29. The maximum absolute atomic E-state index is 10.7. The molecule has 0 aromatic carbocycles. The Morgan fingerprint density at radius 2 is 2.06 bits per heavy atom. The minimum absolute atomic E-state index is 0.0348. The first kappa shape index (κ1) is 10.2. The highest BCUT2D eigenvalue weighted by molar-refractivity contribution is 5.85. The second kappa shape index (κ2) is 4.06. The van der Waals surface area contributed by atoms with Crippen molar-refractivity contribution in [2.24, 2.45) is 0 Å². The number of pyridine rings is 1. The normalized spacial score (nSPS) is 10.1. The molecule has 0 bridgehead atoms. The van der Waals surface area contributed by atoms with Crippen LogP contribution >= 0.6 is 0 Å². The van der Waals surface area contributed by atoms with Crippen molar-refractivity contribution in [1.82, 2.24) is 15.0 Å². The van der Waals surface area contributed by atoms with Crippen LogP contribution in [0.15, 0.2) is 30.6 Å². The number of aryl methyl sites for hydroxylation is 1. The van der Waals surface area contributed by atoms with Gasteiger partial charge in [0.25, 0.3) is 0 Å². The van der Waals surface area contributed by atoms with Crippen molar-refractivity contribution in [2.45, 2.75) is 6.92 Å². The molecule has 2 heterocycles. The number of rotatable bonds is 2. The number of aromatic carboxylic acids is 1. The van der Waals surface area contributed by atoms with E-state index in [1.807, 2.05) is 13.0 Å². The molecule has 0 atom stereocenters. The van der Waals surface area contributed by atoms with Crippen LogP contribution < -0.4 is 0 Å². The van der Waals surface area contributed by atoms with E-state index in [0.29, 0.717) is 11.5 Å². The lowest BCUT2D eigenvalue weighted by Crippen LogP contribution is -2.02. The van der Waals surface area contributed by atoms with Gasteiger partial charge in [-0.05, 0) is 24.6 Å². The van der Waals surface area contributed by atoms with E-state index in [2.05, 4.69) is 15.0 Å². The van der Waals surface area contributed by atoms with E-state index in [4.69, 9.17) is 5.11 Å². The molecule has 0 saturated heterocycles. The monoisotopic (exact) mass is 215 g/mol. The number of nitrogens with zero attached hydrogens (tertiary/aromatic N) is 3. The van der Waals surface area contributed by atoms with Crippen molar-refractivity contribution in [2.75, 3.05) is 0 Å². The lowest BCUT2D eigenvalue weighted by molar-refractivity contribution is 0.0690. The summed E-state index contributed by atoms with van der Waals surface area (Å²) in [6.45, 7) is 1.92. The average molecular weight is 215 g/mol. The fraction of sp³-hybridized carbons (Fsp3) is 0.0909. The van der Waals surface area contributed by atoms with Crippen molar-refractivity contribution in [1.29, 1.82) is 0 Å². The molecule has 2 rings (SSSR count). The Balaban J connectivity index is 2.44. The first-order valence-corrected chi connectivity index (χ1v) is 4.66. The number of hydrogen-bond acceptors (Lipinski definition) is 4. The molecule has 80 valence electrons. The summed E-state index contributed by atoms with van der Waals surface area (Å²) in [4.78, 5) is 22.7. The molecule has 1 N–H and O–H groups in total. The first-order chi connectivity index (χ1) is 7.66. The van der Waals surface area contributed by atoms with Gasteiger partial charge in [0, 0.05) is 12.4 Å². The first-order valence-electron chi connectivity index (χ1n) is 4.66. The Morgan fingerprint density at radius 3 is 2.69 bits per heavy atom. The topological polar surface area (TPSA) is 76.0 Å². The van der Waals surface area contributed by atoms with Gasteiger partial charge in [0.2, 0.25) is 0 Å². The zero-order valence-electron chi connectivity index (χ0n) is 8.58. The summed E-state index contributed by atoms with van der Waals surface area (Å²) in [5.41, 5.74) is 1.55. The Morgan fingerprint density at radius 1 is 1.25 bits per heavy atom. The fourth-order valence-electron chi connectivity index (χ4n) is 1.20. The Labute approximate surface area is 91.8 Å². The van der Waals surface area contributed by atoms with Crippen LogP contribution in [-0.4, -0.2) is 26.0 Å². The highest BCUT2D eigenvalue weighted by Crippen LogP contribution is 2.11. The maximum atomic E-state index is 10.7. The van der Waals surface area contributed by atoms with Crippen LogP contribution in [0.2, 0.25) is 0 Å². The summed E-state index contributed by atoms with van der Waals surface area (Å²) in [6, 6.07) is 4.98. The molecule has 2 aromatic heterocycles. The molecule has 0 aliphatic carbocycles. The molecule has 0 saturated carbocycles. The van der Waals surface area contributed by atoms with Gasteiger partial charge in [-0.1, -0.05) is 6.07 Å². The average Bonchev–Trinajstić information content (AvgIpc) is 2.30. The van der Waals surface area contributed by atoms with Gasteiger partial charge >= 0.3 is 5.97 Å². The third-order valence-electron chi connectivity index (χ3n) is 2.02. The molecule has 16 heavy (non-hydrogen) atoms. The summed E-state index contributed by atoms with van der Waals surface area (Å²) in [7, 11) is 0. The summed E-state index contributed by atoms with van der Waals surface area (Å²) in [5, 5.41) is 8.79. The standard InChI is InChI=1S/C11H9N3O2/c1-7-2-3-8(13-6-7)10-12-5-4-9(14-10)11(15)16/h2-6H,1H3,(H,15,16). The molecule has 0 radical (unpaired) electrons. The molecule has 0 amide bonds. The third kappa shape index (κ3) is 2.03. The van der Waals surface area contributed by atoms with Crippen molar-refractivity contribution in [3.05, 3.63) is 41.9 Å². The maximum Gasteiger partial charge on any atom is 0.354 e. The zero-order chi connectivity index (χ0) is 11.5.